The molecule has 0 saturated heterocycles. The van der Waals surface area contributed by atoms with Crippen LogP contribution in [0.25, 0.3) is 11.1 Å². The minimum atomic E-state index is -0.346. The number of halogens is 2. The van der Waals surface area contributed by atoms with Crippen LogP contribution in [0, 0.1) is 12.7 Å². The predicted octanol–water partition coefficient (Wildman–Crippen LogP) is 4.04. The van der Waals surface area contributed by atoms with Gasteiger partial charge in [-0.1, -0.05) is 23.7 Å². The fourth-order valence-corrected chi connectivity index (χ4v) is 1.76. The van der Waals surface area contributed by atoms with Gasteiger partial charge in [0.05, 0.1) is 0 Å². The number of nitrogen functional groups attached to an aromatic ring is 1. The van der Waals surface area contributed by atoms with E-state index in [9.17, 15) is 4.39 Å². The average Bonchev–Trinajstić information content (AvgIpc) is 2.20. The zero-order chi connectivity index (χ0) is 11.7. The Labute approximate surface area is 98.7 Å². The second-order valence-electron chi connectivity index (χ2n) is 3.73. The largest absolute Gasteiger partial charge is 0.398 e. The van der Waals surface area contributed by atoms with E-state index in [4.69, 9.17) is 17.3 Å². The number of hydrogen-bond acceptors (Lipinski definition) is 1. The molecule has 2 rings (SSSR count). The first-order valence-corrected chi connectivity index (χ1v) is 5.26. The van der Waals surface area contributed by atoms with Gasteiger partial charge in [0.25, 0.3) is 0 Å². The maximum atomic E-state index is 13.2. The van der Waals surface area contributed by atoms with Crippen molar-refractivity contribution in [3.63, 3.8) is 0 Å². The lowest BCUT2D eigenvalue weighted by Crippen LogP contribution is -1.90. The molecule has 0 atom stereocenters. The molecule has 82 valence electrons. The third kappa shape index (κ3) is 2.17. The molecule has 0 radical (unpaired) electrons. The van der Waals surface area contributed by atoms with Crippen molar-refractivity contribution >= 4 is 17.3 Å². The van der Waals surface area contributed by atoms with Crippen molar-refractivity contribution in [2.45, 2.75) is 6.92 Å². The van der Waals surface area contributed by atoms with Crippen LogP contribution in [0.2, 0.25) is 5.02 Å². The summed E-state index contributed by atoms with van der Waals surface area (Å²) in [5.41, 5.74) is 9.10. The maximum absolute atomic E-state index is 13.2. The van der Waals surface area contributed by atoms with Gasteiger partial charge in [0.2, 0.25) is 0 Å². The molecule has 3 heteroatoms. The molecular formula is C13H11ClFN. The highest BCUT2D eigenvalue weighted by atomic mass is 35.5. The first kappa shape index (κ1) is 11.0. The molecule has 0 unspecified atom stereocenters. The van der Waals surface area contributed by atoms with Crippen LogP contribution in [0.3, 0.4) is 0 Å². The van der Waals surface area contributed by atoms with Crippen LogP contribution in [0.5, 0.6) is 0 Å². The van der Waals surface area contributed by atoms with Crippen molar-refractivity contribution < 1.29 is 4.39 Å². The van der Waals surface area contributed by atoms with E-state index in [0.29, 0.717) is 10.7 Å². The molecule has 0 aromatic heterocycles. The van der Waals surface area contributed by atoms with Crippen molar-refractivity contribution in [1.82, 2.24) is 0 Å². The Hall–Kier alpha value is -1.54. The summed E-state index contributed by atoms with van der Waals surface area (Å²) in [5.74, 6) is -0.346. The van der Waals surface area contributed by atoms with Gasteiger partial charge < -0.3 is 5.73 Å². The summed E-state index contributed by atoms with van der Waals surface area (Å²) in [6.45, 7) is 1.93. The Morgan fingerprint density at radius 2 is 1.81 bits per heavy atom. The Bertz CT molecular complexity index is 517. The van der Waals surface area contributed by atoms with Crippen LogP contribution in [-0.2, 0) is 0 Å². The lowest BCUT2D eigenvalue weighted by Gasteiger charge is -2.06. The van der Waals surface area contributed by atoms with E-state index in [2.05, 4.69) is 0 Å². The van der Waals surface area contributed by atoms with Gasteiger partial charge in [-0.15, -0.1) is 0 Å². The lowest BCUT2D eigenvalue weighted by molar-refractivity contribution is 0.628. The van der Waals surface area contributed by atoms with Gasteiger partial charge in [-0.25, -0.2) is 4.39 Å². The molecule has 1 nitrogen and oxygen atoms in total. The van der Waals surface area contributed by atoms with Crippen molar-refractivity contribution in [1.29, 1.82) is 0 Å². The average molecular weight is 236 g/mol. The van der Waals surface area contributed by atoms with E-state index >= 15 is 0 Å². The third-order valence-electron chi connectivity index (χ3n) is 2.48. The smallest absolute Gasteiger partial charge is 0.125 e. The minimum absolute atomic E-state index is 0.346. The quantitative estimate of drug-likeness (QED) is 0.742. The Kier molecular flexibility index (Phi) is 2.84. The second-order valence-corrected chi connectivity index (χ2v) is 4.17. The number of nitrogens with two attached hydrogens (primary N) is 1. The molecule has 0 aliphatic rings. The van der Waals surface area contributed by atoms with Crippen LogP contribution < -0.4 is 5.73 Å². The number of hydrogen-bond donors (Lipinski definition) is 1. The summed E-state index contributed by atoms with van der Waals surface area (Å²) in [6, 6.07) is 10.1. The van der Waals surface area contributed by atoms with E-state index in [-0.39, 0.29) is 5.82 Å². The Morgan fingerprint density at radius 1 is 1.06 bits per heavy atom. The third-order valence-corrected chi connectivity index (χ3v) is 2.69. The monoisotopic (exact) mass is 235 g/mol. The second kappa shape index (κ2) is 4.14. The SMILES string of the molecule is Cc1ccc(-c2cc(F)cc(Cl)c2)cc1N. The van der Waals surface area contributed by atoms with E-state index in [1.807, 2.05) is 25.1 Å². The molecule has 0 aliphatic heterocycles. The summed E-state index contributed by atoms with van der Waals surface area (Å²) in [4.78, 5) is 0. The van der Waals surface area contributed by atoms with Gasteiger partial charge in [-0.2, -0.15) is 0 Å². The lowest BCUT2D eigenvalue weighted by atomic mass is 10.0. The van der Waals surface area contributed by atoms with Crippen LogP contribution in [0.1, 0.15) is 5.56 Å². The molecule has 0 bridgehead atoms. The molecule has 16 heavy (non-hydrogen) atoms. The van der Waals surface area contributed by atoms with Crippen LogP contribution >= 0.6 is 11.6 Å². The minimum Gasteiger partial charge on any atom is -0.398 e. The molecule has 0 fully saturated rings. The molecule has 0 spiro atoms. The molecule has 0 heterocycles. The van der Waals surface area contributed by atoms with Crippen LogP contribution in [0.15, 0.2) is 36.4 Å². The van der Waals surface area contributed by atoms with E-state index in [0.717, 1.165) is 16.7 Å². The fraction of sp³-hybridized carbons (Fsp3) is 0.0769. The van der Waals surface area contributed by atoms with Gasteiger partial charge >= 0.3 is 0 Å². The van der Waals surface area contributed by atoms with Crippen molar-refractivity contribution in [3.05, 3.63) is 52.8 Å². The normalized spacial score (nSPS) is 10.4. The van der Waals surface area contributed by atoms with E-state index in [1.54, 1.807) is 6.07 Å². The molecule has 2 aromatic rings. The molecule has 2 aromatic carbocycles. The van der Waals surface area contributed by atoms with Gasteiger partial charge in [-0.05, 0) is 47.9 Å². The zero-order valence-electron chi connectivity index (χ0n) is 8.80. The van der Waals surface area contributed by atoms with Gasteiger partial charge in [-0.3, -0.25) is 0 Å². The van der Waals surface area contributed by atoms with Gasteiger partial charge in [0, 0.05) is 10.7 Å². The summed E-state index contributed by atoms with van der Waals surface area (Å²) < 4.78 is 13.2. The Balaban J connectivity index is 2.54. The summed E-state index contributed by atoms with van der Waals surface area (Å²) in [6.07, 6.45) is 0. The van der Waals surface area contributed by atoms with Crippen LogP contribution in [0.4, 0.5) is 10.1 Å². The Morgan fingerprint density at radius 3 is 2.44 bits per heavy atom. The van der Waals surface area contributed by atoms with Crippen LogP contribution in [-0.4, -0.2) is 0 Å². The molecule has 0 aliphatic carbocycles. The summed E-state index contributed by atoms with van der Waals surface area (Å²) >= 11 is 5.80. The molecule has 0 amide bonds. The van der Waals surface area contributed by atoms with E-state index in [1.165, 1.54) is 12.1 Å². The van der Waals surface area contributed by atoms with Gasteiger partial charge in [0.1, 0.15) is 5.82 Å². The number of aryl methyl sites for hydroxylation is 1. The maximum Gasteiger partial charge on any atom is 0.125 e. The number of rotatable bonds is 1. The topological polar surface area (TPSA) is 26.0 Å². The molecule has 2 N–H and O–H groups in total. The first-order chi connectivity index (χ1) is 7.56. The fourth-order valence-electron chi connectivity index (χ4n) is 1.54. The van der Waals surface area contributed by atoms with Crippen molar-refractivity contribution in [3.8, 4) is 11.1 Å². The highest BCUT2D eigenvalue weighted by Gasteiger charge is 2.03. The summed E-state index contributed by atoms with van der Waals surface area (Å²) in [5, 5.41) is 0.383. The standard InChI is InChI=1S/C13H11ClFN/c1-8-2-3-9(6-13(8)16)10-4-11(14)7-12(15)5-10/h2-7H,16H2,1H3. The molecule has 0 saturated carbocycles. The first-order valence-electron chi connectivity index (χ1n) is 4.89. The number of benzene rings is 2. The molecular weight excluding hydrogens is 225 g/mol. The van der Waals surface area contributed by atoms with Crippen molar-refractivity contribution in [2.24, 2.45) is 0 Å². The number of anilines is 1. The zero-order valence-corrected chi connectivity index (χ0v) is 9.55. The predicted molar refractivity (Wildman–Crippen MR) is 66.0 cm³/mol. The van der Waals surface area contributed by atoms with E-state index < -0.39 is 0 Å². The van der Waals surface area contributed by atoms with Gasteiger partial charge in [0.15, 0.2) is 0 Å². The summed E-state index contributed by atoms with van der Waals surface area (Å²) in [7, 11) is 0. The van der Waals surface area contributed by atoms with Crippen molar-refractivity contribution in [2.75, 3.05) is 5.73 Å². The highest BCUT2D eigenvalue weighted by molar-refractivity contribution is 6.30. The highest BCUT2D eigenvalue weighted by Crippen LogP contribution is 2.26.